The number of fused-ring (bicyclic) bond motifs is 1. The van der Waals surface area contributed by atoms with Gasteiger partial charge in [0.25, 0.3) is 0 Å². The third-order valence-electron chi connectivity index (χ3n) is 4.06. The van der Waals surface area contributed by atoms with Crippen LogP contribution in [0.4, 0.5) is 0 Å². The minimum absolute atomic E-state index is 0.573. The topological polar surface area (TPSA) is 61.5 Å². The third-order valence-corrected chi connectivity index (χ3v) is 5.29. The first kappa shape index (κ1) is 17.9. The van der Waals surface area contributed by atoms with Crippen molar-refractivity contribution in [2.45, 2.75) is 12.1 Å². The highest BCUT2D eigenvalue weighted by Gasteiger charge is 2.21. The summed E-state index contributed by atoms with van der Waals surface area (Å²) in [5.74, 6) is 2.80. The van der Waals surface area contributed by atoms with E-state index < -0.39 is 0 Å². The fourth-order valence-electron chi connectivity index (χ4n) is 2.76. The first-order valence-electron chi connectivity index (χ1n) is 8.43. The highest BCUT2D eigenvalue weighted by Crippen LogP contribution is 2.31. The van der Waals surface area contributed by atoms with Gasteiger partial charge in [-0.25, -0.2) is 0 Å². The lowest BCUT2D eigenvalue weighted by molar-refractivity contribution is 0.340. The molecule has 0 spiro atoms. The van der Waals surface area contributed by atoms with Crippen molar-refractivity contribution in [2.75, 3.05) is 19.5 Å². The summed E-state index contributed by atoms with van der Waals surface area (Å²) < 4.78 is 12.6. The van der Waals surface area contributed by atoms with Crippen LogP contribution in [-0.2, 0) is 0 Å². The van der Waals surface area contributed by atoms with Crippen LogP contribution in [0.2, 0.25) is 5.02 Å². The van der Waals surface area contributed by atoms with E-state index in [9.17, 15) is 0 Å². The van der Waals surface area contributed by atoms with Gasteiger partial charge in [-0.3, -0.25) is 0 Å². The van der Waals surface area contributed by atoms with Crippen molar-refractivity contribution < 1.29 is 9.47 Å². The average Bonchev–Trinajstić information content (AvgIpc) is 3.13. The predicted octanol–water partition coefficient (Wildman–Crippen LogP) is 4.36. The van der Waals surface area contributed by atoms with Crippen molar-refractivity contribution in [3.8, 4) is 22.9 Å². The number of methoxy groups -OCH3 is 1. The van der Waals surface area contributed by atoms with Gasteiger partial charge in [-0.2, -0.15) is 9.78 Å². The number of benzene rings is 2. The lowest BCUT2D eigenvalue weighted by Gasteiger charge is -2.15. The molecule has 27 heavy (non-hydrogen) atoms. The van der Waals surface area contributed by atoms with E-state index in [1.165, 1.54) is 0 Å². The van der Waals surface area contributed by atoms with Crippen molar-refractivity contribution in [3.63, 3.8) is 0 Å². The summed E-state index contributed by atoms with van der Waals surface area (Å²) in [7, 11) is 1.64. The minimum atomic E-state index is 0.573. The van der Waals surface area contributed by atoms with Gasteiger partial charge in [-0.1, -0.05) is 35.5 Å². The van der Waals surface area contributed by atoms with E-state index in [0.717, 1.165) is 27.7 Å². The SMILES string of the molecule is CCOc1ccc(C2=Nn3c(nnc3-c3cccc(OC)c3)SC2)cc1Cl. The monoisotopic (exact) mass is 400 g/mol. The standard InChI is InChI=1S/C19H17ClN4O2S/c1-3-26-17-8-7-12(10-15(17)20)16-11-27-19-22-21-18(24(19)23-16)13-5-4-6-14(9-13)25-2/h4-10H,3,11H2,1-2H3. The summed E-state index contributed by atoms with van der Waals surface area (Å²) in [5.41, 5.74) is 2.75. The van der Waals surface area contributed by atoms with Gasteiger partial charge in [0.15, 0.2) is 5.82 Å². The van der Waals surface area contributed by atoms with Crippen LogP contribution in [0.3, 0.4) is 0 Å². The molecule has 1 aliphatic heterocycles. The number of hydrogen-bond donors (Lipinski definition) is 0. The molecule has 138 valence electrons. The molecule has 0 amide bonds. The Morgan fingerprint density at radius 2 is 2.04 bits per heavy atom. The molecular formula is C19H17ClN4O2S. The Balaban J connectivity index is 1.72. The van der Waals surface area contributed by atoms with Crippen LogP contribution in [0.5, 0.6) is 11.5 Å². The molecular weight excluding hydrogens is 384 g/mol. The third kappa shape index (κ3) is 3.52. The van der Waals surface area contributed by atoms with Crippen molar-refractivity contribution >= 4 is 29.1 Å². The average molecular weight is 401 g/mol. The second-order valence-corrected chi connectivity index (χ2v) is 7.11. The van der Waals surface area contributed by atoms with Gasteiger partial charge in [0, 0.05) is 16.9 Å². The molecule has 0 N–H and O–H groups in total. The Bertz CT molecular complexity index is 1020. The van der Waals surface area contributed by atoms with Crippen molar-refractivity contribution in [1.82, 2.24) is 14.9 Å². The Morgan fingerprint density at radius 3 is 2.81 bits per heavy atom. The molecule has 1 aliphatic rings. The number of hydrogen-bond acceptors (Lipinski definition) is 6. The summed E-state index contributed by atoms with van der Waals surface area (Å²) in [6.07, 6.45) is 0. The highest BCUT2D eigenvalue weighted by molar-refractivity contribution is 7.99. The molecule has 0 saturated heterocycles. The summed E-state index contributed by atoms with van der Waals surface area (Å²) in [4.78, 5) is 0. The fraction of sp³-hybridized carbons (Fsp3) is 0.211. The minimum Gasteiger partial charge on any atom is -0.497 e. The van der Waals surface area contributed by atoms with Crippen LogP contribution in [-0.4, -0.2) is 40.1 Å². The van der Waals surface area contributed by atoms with E-state index in [2.05, 4.69) is 10.2 Å². The van der Waals surface area contributed by atoms with E-state index >= 15 is 0 Å². The van der Waals surface area contributed by atoms with Crippen molar-refractivity contribution in [2.24, 2.45) is 5.10 Å². The predicted molar refractivity (Wildman–Crippen MR) is 107 cm³/mol. The zero-order valence-electron chi connectivity index (χ0n) is 14.8. The van der Waals surface area contributed by atoms with E-state index in [4.69, 9.17) is 26.2 Å². The van der Waals surface area contributed by atoms with Crippen LogP contribution in [0.15, 0.2) is 52.7 Å². The van der Waals surface area contributed by atoms with Crippen LogP contribution < -0.4 is 9.47 Å². The molecule has 1 aromatic heterocycles. The summed E-state index contributed by atoms with van der Waals surface area (Å²) in [6, 6.07) is 13.4. The van der Waals surface area contributed by atoms with Crippen LogP contribution >= 0.6 is 23.4 Å². The van der Waals surface area contributed by atoms with Crippen LogP contribution in [0.1, 0.15) is 12.5 Å². The maximum atomic E-state index is 6.33. The lowest BCUT2D eigenvalue weighted by atomic mass is 10.1. The second kappa shape index (κ2) is 7.62. The van der Waals surface area contributed by atoms with E-state index in [-0.39, 0.29) is 0 Å². The maximum Gasteiger partial charge on any atom is 0.212 e. The Hall–Kier alpha value is -2.51. The molecule has 4 rings (SSSR count). The van der Waals surface area contributed by atoms with Crippen molar-refractivity contribution in [3.05, 3.63) is 53.1 Å². The molecule has 0 bridgehead atoms. The van der Waals surface area contributed by atoms with E-state index in [1.807, 2.05) is 49.4 Å². The molecule has 2 aromatic carbocycles. The molecule has 6 nitrogen and oxygen atoms in total. The number of rotatable bonds is 5. The zero-order chi connectivity index (χ0) is 18.8. The zero-order valence-corrected chi connectivity index (χ0v) is 16.4. The maximum absolute atomic E-state index is 6.33. The largest absolute Gasteiger partial charge is 0.497 e. The Labute approximate surface area is 166 Å². The molecule has 0 atom stereocenters. The highest BCUT2D eigenvalue weighted by atomic mass is 35.5. The number of nitrogens with zero attached hydrogens (tertiary/aromatic N) is 4. The number of ether oxygens (including phenoxy) is 2. The lowest BCUT2D eigenvalue weighted by Crippen LogP contribution is -2.14. The van der Waals surface area contributed by atoms with Gasteiger partial charge in [-0.05, 0) is 37.3 Å². The van der Waals surface area contributed by atoms with Gasteiger partial charge >= 0.3 is 0 Å². The molecule has 0 radical (unpaired) electrons. The Kier molecular flexibility index (Phi) is 5.05. The van der Waals surface area contributed by atoms with Crippen LogP contribution in [0.25, 0.3) is 11.4 Å². The summed E-state index contributed by atoms with van der Waals surface area (Å²) in [6.45, 7) is 2.50. The van der Waals surface area contributed by atoms with Gasteiger partial charge in [0.1, 0.15) is 11.5 Å². The van der Waals surface area contributed by atoms with E-state index in [0.29, 0.717) is 29.0 Å². The normalized spacial score (nSPS) is 13.1. The quantitative estimate of drug-likeness (QED) is 0.636. The van der Waals surface area contributed by atoms with Gasteiger partial charge in [-0.15, -0.1) is 10.2 Å². The summed E-state index contributed by atoms with van der Waals surface area (Å²) >= 11 is 7.93. The molecule has 3 aromatic rings. The van der Waals surface area contributed by atoms with Gasteiger partial charge < -0.3 is 9.47 Å². The molecule has 0 fully saturated rings. The fourth-order valence-corrected chi connectivity index (χ4v) is 3.84. The smallest absolute Gasteiger partial charge is 0.212 e. The first-order valence-corrected chi connectivity index (χ1v) is 9.79. The van der Waals surface area contributed by atoms with Crippen molar-refractivity contribution in [1.29, 1.82) is 0 Å². The number of thioether (sulfide) groups is 1. The first-order chi connectivity index (χ1) is 13.2. The van der Waals surface area contributed by atoms with Crippen LogP contribution in [0, 0.1) is 0 Å². The number of halogens is 1. The summed E-state index contributed by atoms with van der Waals surface area (Å²) in [5, 5.41) is 14.7. The molecule has 0 aliphatic carbocycles. The second-order valence-electron chi connectivity index (χ2n) is 5.76. The number of aromatic nitrogens is 3. The Morgan fingerprint density at radius 1 is 1.15 bits per heavy atom. The molecule has 0 unspecified atom stereocenters. The van der Waals surface area contributed by atoms with E-state index in [1.54, 1.807) is 23.5 Å². The molecule has 2 heterocycles. The molecule has 0 saturated carbocycles. The molecule has 8 heteroatoms. The van der Waals surface area contributed by atoms with Gasteiger partial charge in [0.2, 0.25) is 5.16 Å². The van der Waals surface area contributed by atoms with Gasteiger partial charge in [0.05, 0.1) is 24.5 Å².